The number of carbonyl (C=O) groups excluding carboxylic acids is 2. The maximum atomic E-state index is 13.6. The average Bonchev–Trinajstić information content (AvgIpc) is 3.35. The number of para-hydroxylation sites is 1. The van der Waals surface area contributed by atoms with Gasteiger partial charge in [-0.1, -0.05) is 55.5 Å². The minimum absolute atomic E-state index is 0.255. The van der Waals surface area contributed by atoms with Crippen molar-refractivity contribution >= 4 is 23.2 Å². The van der Waals surface area contributed by atoms with Crippen molar-refractivity contribution in [3.05, 3.63) is 90.5 Å². The maximum absolute atomic E-state index is 13.6. The second-order valence-electron chi connectivity index (χ2n) is 7.92. The molecule has 2 aliphatic rings. The van der Waals surface area contributed by atoms with Gasteiger partial charge in [-0.05, 0) is 48.4 Å². The van der Waals surface area contributed by atoms with Crippen LogP contribution >= 0.6 is 0 Å². The highest BCUT2D eigenvalue weighted by molar-refractivity contribution is 6.23. The summed E-state index contributed by atoms with van der Waals surface area (Å²) in [6.45, 7) is 2.66. The fraction of sp³-hybridized carbons (Fsp3) is 0.231. The summed E-state index contributed by atoms with van der Waals surface area (Å²) in [7, 11) is 0. The van der Waals surface area contributed by atoms with Crippen LogP contribution < -0.4 is 14.7 Å². The van der Waals surface area contributed by atoms with Crippen LogP contribution in [0.5, 0.6) is 5.75 Å². The van der Waals surface area contributed by atoms with E-state index in [0.29, 0.717) is 18.0 Å². The summed E-state index contributed by atoms with van der Waals surface area (Å²) >= 11 is 0. The fourth-order valence-corrected chi connectivity index (χ4v) is 4.37. The minimum atomic E-state index is -0.871. The molecule has 6 heteroatoms. The van der Waals surface area contributed by atoms with Crippen LogP contribution in [0.1, 0.15) is 24.9 Å². The summed E-state index contributed by atoms with van der Waals surface area (Å²) in [4.78, 5) is 34.3. The van der Waals surface area contributed by atoms with Crippen molar-refractivity contribution in [1.82, 2.24) is 0 Å². The molecule has 2 saturated heterocycles. The van der Waals surface area contributed by atoms with Gasteiger partial charge in [0.2, 0.25) is 5.91 Å². The number of anilines is 2. The third-order valence-corrected chi connectivity index (χ3v) is 5.83. The van der Waals surface area contributed by atoms with Crippen molar-refractivity contribution in [1.29, 1.82) is 0 Å². The number of hydrogen-bond acceptors (Lipinski definition) is 5. The summed E-state index contributed by atoms with van der Waals surface area (Å²) in [6.07, 6.45) is 0.0357. The van der Waals surface area contributed by atoms with Gasteiger partial charge in [-0.15, -0.1) is 0 Å². The van der Waals surface area contributed by atoms with E-state index >= 15 is 0 Å². The number of ether oxygens (including phenoxy) is 1. The SMILES string of the molecule is CCCOc1ccc(N2C(=O)[C@H]3[C@H](ON(c4ccccc4)[C@@H]3c3ccccc3)C2=O)cc1. The normalized spacial score (nSPS) is 22.3. The molecule has 0 unspecified atom stereocenters. The molecule has 162 valence electrons. The Hall–Kier alpha value is -3.64. The molecule has 0 bridgehead atoms. The van der Waals surface area contributed by atoms with Gasteiger partial charge in [-0.3, -0.25) is 14.4 Å². The van der Waals surface area contributed by atoms with Crippen LogP contribution in [0.2, 0.25) is 0 Å². The minimum Gasteiger partial charge on any atom is -0.494 e. The molecule has 5 rings (SSSR count). The average molecular weight is 428 g/mol. The van der Waals surface area contributed by atoms with Crippen LogP contribution in [-0.4, -0.2) is 24.5 Å². The molecule has 2 heterocycles. The molecule has 0 aromatic heterocycles. The van der Waals surface area contributed by atoms with Crippen LogP contribution in [0.3, 0.4) is 0 Å². The second-order valence-corrected chi connectivity index (χ2v) is 7.92. The van der Waals surface area contributed by atoms with Crippen LogP contribution in [0.25, 0.3) is 0 Å². The van der Waals surface area contributed by atoms with Crippen LogP contribution in [0.4, 0.5) is 11.4 Å². The number of rotatable bonds is 6. The Bertz CT molecular complexity index is 1100. The Morgan fingerprint density at radius 3 is 2.12 bits per heavy atom. The van der Waals surface area contributed by atoms with Gasteiger partial charge in [0.1, 0.15) is 11.7 Å². The lowest BCUT2D eigenvalue weighted by molar-refractivity contribution is -0.126. The quantitative estimate of drug-likeness (QED) is 0.540. The standard InChI is InChI=1S/C26H24N2O4/c1-2-17-31-21-15-13-19(14-16-21)27-25(29)22-23(18-9-5-3-6-10-18)28(32-24(22)26(27)30)20-11-7-4-8-12-20/h3-16,22-24H,2,17H2,1H3/t22-,23-,24+/m1/s1. The molecule has 3 aromatic rings. The predicted octanol–water partition coefficient (Wildman–Crippen LogP) is 4.53. The third kappa shape index (κ3) is 3.42. The van der Waals surface area contributed by atoms with Crippen molar-refractivity contribution in [2.45, 2.75) is 25.5 Å². The number of imide groups is 1. The molecule has 0 N–H and O–H groups in total. The molecule has 2 amide bonds. The van der Waals surface area contributed by atoms with Gasteiger partial charge in [0.15, 0.2) is 6.10 Å². The number of nitrogens with zero attached hydrogens (tertiary/aromatic N) is 2. The molecule has 3 aromatic carbocycles. The third-order valence-electron chi connectivity index (χ3n) is 5.83. The van der Waals surface area contributed by atoms with E-state index in [1.165, 1.54) is 4.90 Å². The first-order chi connectivity index (χ1) is 15.7. The van der Waals surface area contributed by atoms with Crippen LogP contribution in [-0.2, 0) is 14.4 Å². The van der Waals surface area contributed by atoms with E-state index in [9.17, 15) is 9.59 Å². The fourth-order valence-electron chi connectivity index (χ4n) is 4.37. The topological polar surface area (TPSA) is 59.1 Å². The largest absolute Gasteiger partial charge is 0.494 e. The lowest BCUT2D eigenvalue weighted by atomic mass is 9.90. The molecular weight excluding hydrogens is 404 g/mol. The Morgan fingerprint density at radius 1 is 0.812 bits per heavy atom. The van der Waals surface area contributed by atoms with E-state index in [1.54, 1.807) is 29.3 Å². The van der Waals surface area contributed by atoms with Gasteiger partial charge >= 0.3 is 0 Å². The lowest BCUT2D eigenvalue weighted by Crippen LogP contribution is -2.37. The molecule has 32 heavy (non-hydrogen) atoms. The van der Waals surface area contributed by atoms with Gasteiger partial charge in [0, 0.05) is 0 Å². The zero-order valence-corrected chi connectivity index (χ0v) is 17.8. The summed E-state index contributed by atoms with van der Waals surface area (Å²) in [5.74, 6) is -0.527. The molecule has 0 saturated carbocycles. The van der Waals surface area contributed by atoms with Gasteiger partial charge in [-0.25, -0.2) is 9.96 Å². The van der Waals surface area contributed by atoms with Crippen molar-refractivity contribution in [2.24, 2.45) is 5.92 Å². The maximum Gasteiger partial charge on any atom is 0.266 e. The molecule has 0 spiro atoms. The van der Waals surface area contributed by atoms with Crippen molar-refractivity contribution in [2.75, 3.05) is 16.6 Å². The van der Waals surface area contributed by atoms with Gasteiger partial charge in [0.05, 0.1) is 24.0 Å². The highest BCUT2D eigenvalue weighted by atomic mass is 16.7. The van der Waals surface area contributed by atoms with Gasteiger partial charge in [0.25, 0.3) is 5.91 Å². The monoisotopic (exact) mass is 428 g/mol. The first kappa shape index (κ1) is 20.3. The Kier molecular flexibility index (Phi) is 5.37. The zero-order chi connectivity index (χ0) is 22.1. The van der Waals surface area contributed by atoms with Crippen molar-refractivity contribution in [3.8, 4) is 5.75 Å². The van der Waals surface area contributed by atoms with E-state index < -0.39 is 18.1 Å². The van der Waals surface area contributed by atoms with Crippen molar-refractivity contribution in [3.63, 3.8) is 0 Å². The molecule has 3 atom stereocenters. The lowest BCUT2D eigenvalue weighted by Gasteiger charge is -2.28. The molecule has 6 nitrogen and oxygen atoms in total. The highest BCUT2D eigenvalue weighted by Gasteiger charge is 2.60. The first-order valence-corrected chi connectivity index (χ1v) is 10.9. The second kappa shape index (κ2) is 8.48. The Morgan fingerprint density at radius 2 is 1.47 bits per heavy atom. The van der Waals surface area contributed by atoms with E-state index in [0.717, 1.165) is 17.7 Å². The van der Waals surface area contributed by atoms with Crippen LogP contribution in [0, 0.1) is 5.92 Å². The number of amides is 2. The Balaban J connectivity index is 1.49. The van der Waals surface area contributed by atoms with Crippen LogP contribution in [0.15, 0.2) is 84.9 Å². The molecular formula is C26H24N2O4. The molecule has 2 fully saturated rings. The number of fused-ring (bicyclic) bond motifs is 1. The molecule has 0 aliphatic carbocycles. The Labute approximate surface area is 186 Å². The molecule has 2 aliphatic heterocycles. The number of hydrogen-bond donors (Lipinski definition) is 0. The zero-order valence-electron chi connectivity index (χ0n) is 17.8. The highest BCUT2D eigenvalue weighted by Crippen LogP contribution is 2.47. The number of hydroxylamine groups is 1. The van der Waals surface area contributed by atoms with Gasteiger partial charge in [-0.2, -0.15) is 0 Å². The first-order valence-electron chi connectivity index (χ1n) is 10.9. The predicted molar refractivity (Wildman–Crippen MR) is 121 cm³/mol. The van der Waals surface area contributed by atoms with E-state index in [2.05, 4.69) is 0 Å². The number of carbonyl (C=O) groups is 2. The number of benzene rings is 3. The summed E-state index contributed by atoms with van der Waals surface area (Å²) in [5, 5.41) is 1.71. The summed E-state index contributed by atoms with van der Waals surface area (Å²) < 4.78 is 5.62. The summed E-state index contributed by atoms with van der Waals surface area (Å²) in [6, 6.07) is 25.9. The molecule has 0 radical (unpaired) electrons. The van der Waals surface area contributed by atoms with E-state index in [-0.39, 0.29) is 11.8 Å². The van der Waals surface area contributed by atoms with E-state index in [1.807, 2.05) is 67.6 Å². The summed E-state index contributed by atoms with van der Waals surface area (Å²) in [5.41, 5.74) is 2.26. The van der Waals surface area contributed by atoms with E-state index in [4.69, 9.17) is 9.57 Å². The smallest absolute Gasteiger partial charge is 0.266 e. The van der Waals surface area contributed by atoms with Gasteiger partial charge < -0.3 is 4.74 Å². The van der Waals surface area contributed by atoms with Crippen molar-refractivity contribution < 1.29 is 19.2 Å².